The minimum absolute atomic E-state index is 0.0507. The smallest absolute Gasteiger partial charge is 0.415 e. The van der Waals surface area contributed by atoms with E-state index in [1.807, 2.05) is 0 Å². The molecule has 0 spiro atoms. The molecular formula is C19H24N4O2. The zero-order valence-electron chi connectivity index (χ0n) is 15.1. The highest BCUT2D eigenvalue weighted by Crippen LogP contribution is 2.25. The van der Waals surface area contributed by atoms with Gasteiger partial charge in [0.25, 0.3) is 0 Å². The Bertz CT molecular complexity index is 753. The van der Waals surface area contributed by atoms with E-state index in [1.165, 1.54) is 10.5 Å². The number of anilines is 2. The Hall–Kier alpha value is -2.63. The molecule has 0 aliphatic carbocycles. The molecule has 1 aromatic heterocycles. The standard InChI is InChI=1S/C19H24N4O2/c1-13(14-5-7-15(8-6-14)19(2,3)4)21-17-20-10-9-16(22-17)23-11-12-25-18(23)24/h5-10,13H,11-12H2,1-4H3,(H,20,21,22)/t13-/m0/s1. The molecule has 0 saturated carbocycles. The Morgan fingerprint density at radius 1 is 1.20 bits per heavy atom. The summed E-state index contributed by atoms with van der Waals surface area (Å²) in [6.07, 6.45) is 1.28. The molecule has 6 nitrogen and oxygen atoms in total. The number of hydrogen-bond donors (Lipinski definition) is 1. The monoisotopic (exact) mass is 340 g/mol. The van der Waals surface area contributed by atoms with Crippen molar-refractivity contribution in [2.75, 3.05) is 23.4 Å². The molecule has 1 amide bonds. The first kappa shape index (κ1) is 17.2. The molecule has 2 aromatic rings. The number of rotatable bonds is 4. The van der Waals surface area contributed by atoms with E-state index in [4.69, 9.17) is 4.74 Å². The van der Waals surface area contributed by atoms with Gasteiger partial charge in [-0.1, -0.05) is 45.0 Å². The molecule has 1 N–H and O–H groups in total. The molecule has 1 aliphatic rings. The molecule has 1 aliphatic heterocycles. The molecule has 0 unspecified atom stereocenters. The molecule has 2 heterocycles. The van der Waals surface area contributed by atoms with Crippen LogP contribution in [-0.2, 0) is 10.2 Å². The predicted molar refractivity (Wildman–Crippen MR) is 97.9 cm³/mol. The van der Waals surface area contributed by atoms with Crippen molar-refractivity contribution in [1.29, 1.82) is 0 Å². The zero-order valence-corrected chi connectivity index (χ0v) is 15.1. The van der Waals surface area contributed by atoms with Gasteiger partial charge < -0.3 is 10.1 Å². The lowest BCUT2D eigenvalue weighted by Crippen LogP contribution is -2.25. The maximum atomic E-state index is 11.7. The van der Waals surface area contributed by atoms with E-state index < -0.39 is 0 Å². The SMILES string of the molecule is C[C@H](Nc1nccc(N2CCOC2=O)n1)c1ccc(C(C)(C)C)cc1. The number of carbonyl (C=O) groups excluding carboxylic acids is 1. The van der Waals surface area contributed by atoms with E-state index in [1.54, 1.807) is 12.3 Å². The normalized spacial score (nSPS) is 15.8. The lowest BCUT2D eigenvalue weighted by Gasteiger charge is -2.21. The Labute approximate surface area is 148 Å². The zero-order chi connectivity index (χ0) is 18.0. The number of aromatic nitrogens is 2. The summed E-state index contributed by atoms with van der Waals surface area (Å²) in [6.45, 7) is 9.57. The molecular weight excluding hydrogens is 316 g/mol. The lowest BCUT2D eigenvalue weighted by atomic mass is 9.86. The van der Waals surface area contributed by atoms with E-state index in [0.29, 0.717) is 24.9 Å². The summed E-state index contributed by atoms with van der Waals surface area (Å²) < 4.78 is 4.95. The quantitative estimate of drug-likeness (QED) is 0.914. The fourth-order valence-electron chi connectivity index (χ4n) is 2.72. The molecule has 1 saturated heterocycles. The van der Waals surface area contributed by atoms with Crippen LogP contribution < -0.4 is 10.2 Å². The molecule has 1 aromatic carbocycles. The lowest BCUT2D eigenvalue weighted by molar-refractivity contribution is 0.181. The summed E-state index contributed by atoms with van der Waals surface area (Å²) in [5.74, 6) is 1.04. The average molecular weight is 340 g/mol. The van der Waals surface area contributed by atoms with Crippen LogP contribution in [0.1, 0.15) is 44.9 Å². The maximum Gasteiger partial charge on any atom is 0.415 e. The first-order valence-electron chi connectivity index (χ1n) is 8.49. The topological polar surface area (TPSA) is 67.3 Å². The van der Waals surface area contributed by atoms with Gasteiger partial charge in [0.2, 0.25) is 5.95 Å². The van der Waals surface area contributed by atoms with Crippen molar-refractivity contribution >= 4 is 17.9 Å². The molecule has 1 fully saturated rings. The Morgan fingerprint density at radius 2 is 1.92 bits per heavy atom. The third kappa shape index (κ3) is 3.90. The van der Waals surface area contributed by atoms with Crippen molar-refractivity contribution in [3.63, 3.8) is 0 Å². The van der Waals surface area contributed by atoms with E-state index in [0.717, 1.165) is 5.56 Å². The second kappa shape index (κ2) is 6.70. The fraction of sp³-hybridized carbons (Fsp3) is 0.421. The summed E-state index contributed by atoms with van der Waals surface area (Å²) in [6, 6.07) is 10.3. The van der Waals surface area contributed by atoms with Crippen LogP contribution in [0.2, 0.25) is 0 Å². The van der Waals surface area contributed by atoms with Crippen LogP contribution in [0.5, 0.6) is 0 Å². The van der Waals surface area contributed by atoms with Gasteiger partial charge in [-0.2, -0.15) is 4.98 Å². The van der Waals surface area contributed by atoms with Crippen molar-refractivity contribution in [3.8, 4) is 0 Å². The summed E-state index contributed by atoms with van der Waals surface area (Å²) >= 11 is 0. The number of ether oxygens (including phenoxy) is 1. The third-order valence-corrected chi connectivity index (χ3v) is 4.30. The van der Waals surface area contributed by atoms with Gasteiger partial charge in [-0.3, -0.25) is 4.90 Å². The van der Waals surface area contributed by atoms with Crippen LogP contribution in [0.4, 0.5) is 16.6 Å². The van der Waals surface area contributed by atoms with Crippen molar-refractivity contribution < 1.29 is 9.53 Å². The molecule has 6 heteroatoms. The molecule has 1 atom stereocenters. The second-order valence-corrected chi connectivity index (χ2v) is 7.24. The van der Waals surface area contributed by atoms with Gasteiger partial charge in [0.1, 0.15) is 12.4 Å². The van der Waals surface area contributed by atoms with Crippen LogP contribution in [0.25, 0.3) is 0 Å². The van der Waals surface area contributed by atoms with E-state index in [9.17, 15) is 4.79 Å². The van der Waals surface area contributed by atoms with Crippen LogP contribution in [0, 0.1) is 0 Å². The number of hydrogen-bond acceptors (Lipinski definition) is 5. The van der Waals surface area contributed by atoms with Crippen molar-refractivity contribution in [2.45, 2.75) is 39.2 Å². The number of benzene rings is 1. The average Bonchev–Trinajstić information content (AvgIpc) is 3.00. The summed E-state index contributed by atoms with van der Waals surface area (Å²) in [5.41, 5.74) is 2.59. The number of nitrogens with zero attached hydrogens (tertiary/aromatic N) is 3. The largest absolute Gasteiger partial charge is 0.447 e. The second-order valence-electron chi connectivity index (χ2n) is 7.24. The van der Waals surface area contributed by atoms with E-state index >= 15 is 0 Å². The molecule has 3 rings (SSSR count). The van der Waals surface area contributed by atoms with Gasteiger partial charge in [0, 0.05) is 6.20 Å². The summed E-state index contributed by atoms with van der Waals surface area (Å²) in [7, 11) is 0. The van der Waals surface area contributed by atoms with Gasteiger partial charge in [0.15, 0.2) is 0 Å². The fourth-order valence-corrected chi connectivity index (χ4v) is 2.72. The van der Waals surface area contributed by atoms with E-state index in [2.05, 4.69) is 67.2 Å². The van der Waals surface area contributed by atoms with Gasteiger partial charge in [-0.05, 0) is 29.5 Å². The highest BCUT2D eigenvalue weighted by atomic mass is 16.6. The third-order valence-electron chi connectivity index (χ3n) is 4.30. The van der Waals surface area contributed by atoms with Crippen LogP contribution in [0.3, 0.4) is 0 Å². The number of nitrogens with one attached hydrogen (secondary N) is 1. The first-order valence-corrected chi connectivity index (χ1v) is 8.49. The van der Waals surface area contributed by atoms with Crippen LogP contribution in [0.15, 0.2) is 36.5 Å². The molecule has 0 bridgehead atoms. The summed E-state index contributed by atoms with van der Waals surface area (Å²) in [5, 5.41) is 3.29. The minimum Gasteiger partial charge on any atom is -0.447 e. The van der Waals surface area contributed by atoms with Crippen LogP contribution >= 0.6 is 0 Å². The molecule has 25 heavy (non-hydrogen) atoms. The van der Waals surface area contributed by atoms with Gasteiger partial charge in [-0.15, -0.1) is 0 Å². The predicted octanol–water partition coefficient (Wildman–Crippen LogP) is 3.90. The van der Waals surface area contributed by atoms with Gasteiger partial charge in [0.05, 0.1) is 12.6 Å². The highest BCUT2D eigenvalue weighted by molar-refractivity contribution is 5.88. The van der Waals surface area contributed by atoms with Crippen molar-refractivity contribution in [2.24, 2.45) is 0 Å². The minimum atomic E-state index is -0.365. The molecule has 0 radical (unpaired) electrons. The number of carbonyl (C=O) groups is 1. The number of cyclic esters (lactones) is 1. The Balaban J connectivity index is 1.72. The van der Waals surface area contributed by atoms with Gasteiger partial charge in [-0.25, -0.2) is 9.78 Å². The molecule has 132 valence electrons. The maximum absolute atomic E-state index is 11.7. The van der Waals surface area contributed by atoms with Crippen LogP contribution in [-0.4, -0.2) is 29.2 Å². The highest BCUT2D eigenvalue weighted by Gasteiger charge is 2.25. The van der Waals surface area contributed by atoms with Crippen molar-refractivity contribution in [3.05, 3.63) is 47.7 Å². The van der Waals surface area contributed by atoms with Crippen molar-refractivity contribution in [1.82, 2.24) is 9.97 Å². The summed E-state index contributed by atoms with van der Waals surface area (Å²) in [4.78, 5) is 21.9. The Kier molecular flexibility index (Phi) is 4.61. The Morgan fingerprint density at radius 3 is 2.52 bits per heavy atom. The first-order chi connectivity index (χ1) is 11.8. The van der Waals surface area contributed by atoms with Gasteiger partial charge >= 0.3 is 6.09 Å². The number of amides is 1. The van der Waals surface area contributed by atoms with E-state index in [-0.39, 0.29) is 17.6 Å².